The highest BCUT2D eigenvalue weighted by atomic mass is 19.1. The summed E-state index contributed by atoms with van der Waals surface area (Å²) in [6.07, 6.45) is -0.0461. The first-order valence-corrected chi connectivity index (χ1v) is 9.45. The van der Waals surface area contributed by atoms with E-state index >= 15 is 0 Å². The van der Waals surface area contributed by atoms with Crippen LogP contribution in [0.2, 0.25) is 0 Å². The van der Waals surface area contributed by atoms with Gasteiger partial charge in [0.05, 0.1) is 36.2 Å². The number of halogens is 1. The second kappa shape index (κ2) is 8.87. The van der Waals surface area contributed by atoms with Crippen molar-refractivity contribution in [2.45, 2.75) is 32.9 Å². The lowest BCUT2D eigenvalue weighted by molar-refractivity contribution is 0.0697. The standard InChI is InChI=1S/C22H23FN2O4/c1-3-17(26)13-25-20(14-5-8-16(23)9-6-14)12-19(24-25)18-11-15(22(27)28)7-10-21(18)29-4-2/h5-12,17,26H,3-4,13H2,1-2H3,(H,27,28)/t17-/m1/s1. The van der Waals surface area contributed by atoms with Gasteiger partial charge in [-0.05, 0) is 61.9 Å². The number of aliphatic hydroxyl groups is 1. The average Bonchev–Trinajstić information content (AvgIpc) is 3.12. The minimum Gasteiger partial charge on any atom is -0.493 e. The van der Waals surface area contributed by atoms with Crippen LogP contribution in [0.15, 0.2) is 48.5 Å². The van der Waals surface area contributed by atoms with Gasteiger partial charge in [0.2, 0.25) is 0 Å². The summed E-state index contributed by atoms with van der Waals surface area (Å²) in [7, 11) is 0. The van der Waals surface area contributed by atoms with Gasteiger partial charge >= 0.3 is 5.97 Å². The molecule has 6 nitrogen and oxygen atoms in total. The molecule has 0 aliphatic carbocycles. The fourth-order valence-corrected chi connectivity index (χ4v) is 3.01. The highest BCUT2D eigenvalue weighted by molar-refractivity contribution is 5.90. The van der Waals surface area contributed by atoms with Gasteiger partial charge in [0.1, 0.15) is 11.6 Å². The zero-order chi connectivity index (χ0) is 21.0. The summed E-state index contributed by atoms with van der Waals surface area (Å²) in [4.78, 5) is 11.4. The van der Waals surface area contributed by atoms with Crippen LogP contribution in [0.25, 0.3) is 22.5 Å². The molecule has 0 amide bonds. The van der Waals surface area contributed by atoms with Crippen molar-refractivity contribution >= 4 is 5.97 Å². The van der Waals surface area contributed by atoms with Crippen LogP contribution in [0.4, 0.5) is 4.39 Å². The second-order valence-electron chi connectivity index (χ2n) is 6.61. The van der Waals surface area contributed by atoms with E-state index in [-0.39, 0.29) is 17.9 Å². The Morgan fingerprint density at radius 2 is 1.90 bits per heavy atom. The Hall–Kier alpha value is -3.19. The Kier molecular flexibility index (Phi) is 6.29. The van der Waals surface area contributed by atoms with Gasteiger partial charge in [0, 0.05) is 11.1 Å². The van der Waals surface area contributed by atoms with Crippen molar-refractivity contribution in [3.8, 4) is 28.3 Å². The maximum atomic E-state index is 13.4. The van der Waals surface area contributed by atoms with E-state index in [0.717, 1.165) is 5.56 Å². The number of aromatic nitrogens is 2. The fraction of sp³-hybridized carbons (Fsp3) is 0.273. The second-order valence-corrected chi connectivity index (χ2v) is 6.61. The Morgan fingerprint density at radius 1 is 1.17 bits per heavy atom. The molecule has 0 saturated carbocycles. The number of benzene rings is 2. The molecule has 0 radical (unpaired) electrons. The summed E-state index contributed by atoms with van der Waals surface area (Å²) in [6, 6.07) is 12.4. The molecule has 0 unspecified atom stereocenters. The third-order valence-electron chi connectivity index (χ3n) is 4.58. The Morgan fingerprint density at radius 3 is 2.52 bits per heavy atom. The number of carboxylic acid groups (broad SMARTS) is 1. The normalized spacial score (nSPS) is 12.0. The summed E-state index contributed by atoms with van der Waals surface area (Å²) >= 11 is 0. The minimum absolute atomic E-state index is 0.120. The van der Waals surface area contributed by atoms with E-state index in [0.29, 0.717) is 35.7 Å². The highest BCUT2D eigenvalue weighted by Gasteiger charge is 2.18. The maximum absolute atomic E-state index is 13.4. The molecule has 29 heavy (non-hydrogen) atoms. The van der Waals surface area contributed by atoms with Crippen molar-refractivity contribution in [2.75, 3.05) is 6.61 Å². The van der Waals surface area contributed by atoms with Crippen molar-refractivity contribution < 1.29 is 24.1 Å². The number of nitrogens with zero attached hydrogens (tertiary/aromatic N) is 2. The van der Waals surface area contributed by atoms with Crippen molar-refractivity contribution in [3.05, 3.63) is 59.9 Å². The number of aromatic carboxylic acids is 1. The Labute approximate surface area is 168 Å². The van der Waals surface area contributed by atoms with Crippen LogP contribution in [0.5, 0.6) is 5.75 Å². The molecule has 7 heteroatoms. The monoisotopic (exact) mass is 398 g/mol. The molecular weight excluding hydrogens is 375 g/mol. The summed E-state index contributed by atoms with van der Waals surface area (Å²) < 4.78 is 20.7. The molecule has 0 bridgehead atoms. The van der Waals surface area contributed by atoms with E-state index in [9.17, 15) is 19.4 Å². The highest BCUT2D eigenvalue weighted by Crippen LogP contribution is 2.33. The van der Waals surface area contributed by atoms with Crippen LogP contribution >= 0.6 is 0 Å². The van der Waals surface area contributed by atoms with Gasteiger partial charge in [-0.15, -0.1) is 0 Å². The minimum atomic E-state index is -1.05. The van der Waals surface area contributed by atoms with Gasteiger partial charge in [0.15, 0.2) is 0 Å². The first kappa shape index (κ1) is 20.5. The number of ether oxygens (including phenoxy) is 1. The summed E-state index contributed by atoms with van der Waals surface area (Å²) in [5, 5.41) is 24.1. The van der Waals surface area contributed by atoms with Crippen LogP contribution in [-0.2, 0) is 6.54 Å². The van der Waals surface area contributed by atoms with E-state index in [1.165, 1.54) is 24.3 Å². The van der Waals surface area contributed by atoms with Crippen molar-refractivity contribution in [1.29, 1.82) is 0 Å². The summed E-state index contributed by atoms with van der Waals surface area (Å²) in [6.45, 7) is 4.39. The summed E-state index contributed by atoms with van der Waals surface area (Å²) in [5.41, 5.74) is 2.60. The molecule has 1 heterocycles. The summed E-state index contributed by atoms with van der Waals surface area (Å²) in [5.74, 6) is -0.876. The number of rotatable bonds is 8. The molecule has 2 aromatic carbocycles. The molecule has 1 aromatic heterocycles. The lowest BCUT2D eigenvalue weighted by atomic mass is 10.1. The predicted octanol–water partition coefficient (Wildman–Crippen LogP) is 4.22. The fourth-order valence-electron chi connectivity index (χ4n) is 3.01. The molecule has 0 saturated heterocycles. The van der Waals surface area contributed by atoms with E-state index in [4.69, 9.17) is 4.74 Å². The number of carbonyl (C=O) groups is 1. The topological polar surface area (TPSA) is 84.6 Å². The molecule has 2 N–H and O–H groups in total. The third kappa shape index (κ3) is 4.63. The first-order chi connectivity index (χ1) is 13.9. The Balaban J connectivity index is 2.15. The lowest BCUT2D eigenvalue weighted by Gasteiger charge is -2.11. The zero-order valence-electron chi connectivity index (χ0n) is 16.3. The van der Waals surface area contributed by atoms with Crippen LogP contribution in [0.3, 0.4) is 0 Å². The SMILES string of the molecule is CCOc1ccc(C(=O)O)cc1-c1cc(-c2ccc(F)cc2)n(C[C@H](O)CC)n1. The van der Waals surface area contributed by atoms with E-state index in [1.807, 2.05) is 13.8 Å². The van der Waals surface area contributed by atoms with Gasteiger partial charge in [-0.25, -0.2) is 9.18 Å². The van der Waals surface area contributed by atoms with E-state index in [2.05, 4.69) is 5.10 Å². The van der Waals surface area contributed by atoms with Crippen LogP contribution in [-0.4, -0.2) is 38.7 Å². The molecule has 3 aromatic rings. The van der Waals surface area contributed by atoms with Gasteiger partial charge in [-0.2, -0.15) is 5.10 Å². The quantitative estimate of drug-likeness (QED) is 0.593. The number of hydrogen-bond acceptors (Lipinski definition) is 4. The van der Waals surface area contributed by atoms with Gasteiger partial charge in [0.25, 0.3) is 0 Å². The van der Waals surface area contributed by atoms with E-state index in [1.54, 1.807) is 28.9 Å². The molecule has 1 atom stereocenters. The van der Waals surface area contributed by atoms with Crippen molar-refractivity contribution in [3.63, 3.8) is 0 Å². The zero-order valence-corrected chi connectivity index (χ0v) is 16.3. The lowest BCUT2D eigenvalue weighted by Crippen LogP contribution is -2.16. The number of aliphatic hydroxyl groups excluding tert-OH is 1. The number of hydrogen-bond donors (Lipinski definition) is 2. The Bertz CT molecular complexity index is 999. The van der Waals surface area contributed by atoms with Crippen molar-refractivity contribution in [1.82, 2.24) is 9.78 Å². The smallest absolute Gasteiger partial charge is 0.335 e. The van der Waals surface area contributed by atoms with Crippen molar-refractivity contribution in [2.24, 2.45) is 0 Å². The molecule has 152 valence electrons. The molecule has 0 fully saturated rings. The van der Waals surface area contributed by atoms with Gasteiger partial charge in [-0.3, -0.25) is 4.68 Å². The van der Waals surface area contributed by atoms with E-state index < -0.39 is 12.1 Å². The number of carboxylic acids is 1. The average molecular weight is 398 g/mol. The van der Waals surface area contributed by atoms with Gasteiger partial charge in [-0.1, -0.05) is 6.92 Å². The van der Waals surface area contributed by atoms with Crippen LogP contribution in [0.1, 0.15) is 30.6 Å². The predicted molar refractivity (Wildman–Crippen MR) is 107 cm³/mol. The molecule has 0 spiro atoms. The maximum Gasteiger partial charge on any atom is 0.335 e. The van der Waals surface area contributed by atoms with Crippen LogP contribution < -0.4 is 4.74 Å². The third-order valence-corrected chi connectivity index (χ3v) is 4.58. The molecular formula is C22H23FN2O4. The first-order valence-electron chi connectivity index (χ1n) is 9.45. The largest absolute Gasteiger partial charge is 0.493 e. The molecule has 0 aliphatic heterocycles. The van der Waals surface area contributed by atoms with Gasteiger partial charge < -0.3 is 14.9 Å². The molecule has 0 aliphatic rings. The molecule has 3 rings (SSSR count). The van der Waals surface area contributed by atoms with Crippen LogP contribution in [0, 0.1) is 5.82 Å².